The van der Waals surface area contributed by atoms with Gasteiger partial charge >= 0.3 is 0 Å². The topological polar surface area (TPSA) is 20.3 Å². The van der Waals surface area contributed by atoms with Crippen molar-refractivity contribution in [2.45, 2.75) is 47.1 Å². The van der Waals surface area contributed by atoms with Crippen LogP contribution in [-0.4, -0.2) is 18.4 Å². The van der Waals surface area contributed by atoms with Gasteiger partial charge in [-0.25, -0.2) is 4.39 Å². The monoisotopic (exact) mass is 251 g/mol. The first-order chi connectivity index (χ1) is 8.38. The summed E-state index contributed by atoms with van der Waals surface area (Å²) in [6.45, 7) is 10.3. The Morgan fingerprint density at radius 3 is 2.44 bits per heavy atom. The highest BCUT2D eigenvalue weighted by atomic mass is 19.1. The average molecular weight is 251 g/mol. The van der Waals surface area contributed by atoms with E-state index in [1.165, 1.54) is 13.0 Å². The maximum absolute atomic E-state index is 13.6. The summed E-state index contributed by atoms with van der Waals surface area (Å²) < 4.78 is 13.6. The molecule has 1 aromatic rings. The van der Waals surface area contributed by atoms with Gasteiger partial charge in [0.1, 0.15) is 5.82 Å². The number of hydrogen-bond acceptors (Lipinski definition) is 2. The lowest BCUT2D eigenvalue weighted by Gasteiger charge is -2.30. The highest BCUT2D eigenvalue weighted by molar-refractivity contribution is 6.00. The number of carbonyl (C=O) groups excluding carboxylic acids is 1. The van der Waals surface area contributed by atoms with Crippen molar-refractivity contribution >= 4 is 11.5 Å². The number of Topliss-reactive ketones (excluding diaryl/α,β-unsaturated/α-hetero) is 1. The molecule has 0 saturated carbocycles. The molecule has 0 bridgehead atoms. The highest BCUT2D eigenvalue weighted by Gasteiger charge is 2.18. The first kappa shape index (κ1) is 14.7. The van der Waals surface area contributed by atoms with Crippen molar-refractivity contribution in [3.05, 3.63) is 29.1 Å². The maximum atomic E-state index is 13.6. The molecule has 0 saturated heterocycles. The molecule has 0 aromatic heterocycles. The van der Waals surface area contributed by atoms with Gasteiger partial charge in [-0.05, 0) is 51.8 Å². The van der Waals surface area contributed by atoms with E-state index in [2.05, 4.69) is 25.7 Å². The zero-order chi connectivity index (χ0) is 13.9. The molecule has 0 atom stereocenters. The third-order valence-corrected chi connectivity index (χ3v) is 3.05. The van der Waals surface area contributed by atoms with E-state index in [4.69, 9.17) is 0 Å². The molecule has 0 amide bonds. The molecule has 18 heavy (non-hydrogen) atoms. The molecular weight excluding hydrogens is 229 g/mol. The zero-order valence-electron chi connectivity index (χ0n) is 11.9. The number of hydrogen-bond donors (Lipinski definition) is 0. The molecule has 1 rings (SSSR count). The fourth-order valence-corrected chi connectivity index (χ4v) is 2.08. The molecule has 0 unspecified atom stereocenters. The first-order valence-corrected chi connectivity index (χ1v) is 6.46. The van der Waals surface area contributed by atoms with E-state index < -0.39 is 0 Å². The van der Waals surface area contributed by atoms with Crippen LogP contribution in [0.2, 0.25) is 0 Å². The van der Waals surface area contributed by atoms with Gasteiger partial charge in [0.2, 0.25) is 0 Å². The Labute approximate surface area is 109 Å². The van der Waals surface area contributed by atoms with Crippen LogP contribution in [0.25, 0.3) is 0 Å². The van der Waals surface area contributed by atoms with Gasteiger partial charge in [-0.1, -0.05) is 6.92 Å². The Bertz CT molecular complexity index is 440. The van der Waals surface area contributed by atoms with Gasteiger partial charge in [0, 0.05) is 23.8 Å². The maximum Gasteiger partial charge on any atom is 0.161 e. The number of benzene rings is 1. The van der Waals surface area contributed by atoms with Crippen molar-refractivity contribution in [2.24, 2.45) is 0 Å². The standard InChI is InChI=1S/C15H22FNO/c1-6-7-17(10(2)3)15-8-11(4)14(16)9-13(15)12(5)18/h8-10H,6-7H2,1-5H3. The molecule has 0 aliphatic rings. The number of aryl methyl sites for hydroxylation is 1. The van der Waals surface area contributed by atoms with Crippen molar-refractivity contribution in [3.8, 4) is 0 Å². The smallest absolute Gasteiger partial charge is 0.161 e. The fourth-order valence-electron chi connectivity index (χ4n) is 2.08. The number of nitrogens with zero attached hydrogens (tertiary/aromatic N) is 1. The second-order valence-corrected chi connectivity index (χ2v) is 4.96. The minimum atomic E-state index is -0.316. The lowest BCUT2D eigenvalue weighted by Crippen LogP contribution is -2.32. The van der Waals surface area contributed by atoms with E-state index in [0.29, 0.717) is 11.1 Å². The number of ketones is 1. The van der Waals surface area contributed by atoms with Gasteiger partial charge < -0.3 is 4.90 Å². The van der Waals surface area contributed by atoms with Crippen LogP contribution in [-0.2, 0) is 0 Å². The van der Waals surface area contributed by atoms with Crippen molar-refractivity contribution in [1.82, 2.24) is 0 Å². The van der Waals surface area contributed by atoms with E-state index in [0.717, 1.165) is 18.7 Å². The van der Waals surface area contributed by atoms with Gasteiger partial charge in [0.25, 0.3) is 0 Å². The third-order valence-electron chi connectivity index (χ3n) is 3.05. The van der Waals surface area contributed by atoms with Crippen molar-refractivity contribution in [3.63, 3.8) is 0 Å². The number of anilines is 1. The van der Waals surface area contributed by atoms with Crippen molar-refractivity contribution in [2.75, 3.05) is 11.4 Å². The summed E-state index contributed by atoms with van der Waals surface area (Å²) in [5.74, 6) is -0.408. The molecule has 0 fully saturated rings. The van der Waals surface area contributed by atoms with Crippen LogP contribution in [0.4, 0.5) is 10.1 Å². The lowest BCUT2D eigenvalue weighted by atomic mass is 10.0. The largest absolute Gasteiger partial charge is 0.369 e. The van der Waals surface area contributed by atoms with E-state index in [1.807, 2.05) is 0 Å². The van der Waals surface area contributed by atoms with Crippen LogP contribution in [0.5, 0.6) is 0 Å². The molecule has 2 nitrogen and oxygen atoms in total. The van der Waals surface area contributed by atoms with Crippen LogP contribution >= 0.6 is 0 Å². The molecule has 0 aliphatic heterocycles. The van der Waals surface area contributed by atoms with Crippen LogP contribution in [0, 0.1) is 12.7 Å². The molecule has 0 aliphatic carbocycles. The van der Waals surface area contributed by atoms with Gasteiger partial charge in [0.05, 0.1) is 0 Å². The molecular formula is C15H22FNO. The van der Waals surface area contributed by atoms with E-state index in [9.17, 15) is 9.18 Å². The molecule has 0 heterocycles. The minimum Gasteiger partial charge on any atom is -0.369 e. The van der Waals surface area contributed by atoms with Gasteiger partial charge in [-0.15, -0.1) is 0 Å². The van der Waals surface area contributed by atoms with E-state index in [-0.39, 0.29) is 17.6 Å². The Morgan fingerprint density at radius 1 is 1.39 bits per heavy atom. The molecule has 0 N–H and O–H groups in total. The number of halogens is 1. The zero-order valence-corrected chi connectivity index (χ0v) is 11.9. The molecule has 1 aromatic carbocycles. The number of rotatable bonds is 5. The molecule has 3 heteroatoms. The van der Waals surface area contributed by atoms with Gasteiger partial charge in [-0.2, -0.15) is 0 Å². The second-order valence-electron chi connectivity index (χ2n) is 4.96. The van der Waals surface area contributed by atoms with Crippen molar-refractivity contribution < 1.29 is 9.18 Å². The summed E-state index contributed by atoms with van der Waals surface area (Å²) in [7, 11) is 0. The average Bonchev–Trinajstić information content (AvgIpc) is 2.28. The summed E-state index contributed by atoms with van der Waals surface area (Å²) in [6.07, 6.45) is 0.992. The Morgan fingerprint density at radius 2 is 2.00 bits per heavy atom. The van der Waals surface area contributed by atoms with Crippen LogP contribution in [0.3, 0.4) is 0 Å². The van der Waals surface area contributed by atoms with Crippen LogP contribution < -0.4 is 4.90 Å². The Balaban J connectivity index is 3.35. The third kappa shape index (κ3) is 3.09. The Kier molecular flexibility index (Phi) is 4.88. The quantitative estimate of drug-likeness (QED) is 0.738. The molecule has 100 valence electrons. The SMILES string of the molecule is CCCN(c1cc(C)c(F)cc1C(C)=O)C(C)C. The van der Waals surface area contributed by atoms with E-state index in [1.54, 1.807) is 13.0 Å². The van der Waals surface area contributed by atoms with Crippen LogP contribution in [0.1, 0.15) is 50.0 Å². The van der Waals surface area contributed by atoms with Gasteiger partial charge in [-0.3, -0.25) is 4.79 Å². The predicted molar refractivity (Wildman–Crippen MR) is 73.9 cm³/mol. The van der Waals surface area contributed by atoms with Crippen LogP contribution in [0.15, 0.2) is 12.1 Å². The van der Waals surface area contributed by atoms with Gasteiger partial charge in [0.15, 0.2) is 5.78 Å². The fraction of sp³-hybridized carbons (Fsp3) is 0.533. The Hall–Kier alpha value is -1.38. The van der Waals surface area contributed by atoms with E-state index >= 15 is 0 Å². The molecule has 0 radical (unpaired) electrons. The molecule has 0 spiro atoms. The highest BCUT2D eigenvalue weighted by Crippen LogP contribution is 2.26. The first-order valence-electron chi connectivity index (χ1n) is 6.46. The summed E-state index contributed by atoms with van der Waals surface area (Å²) in [4.78, 5) is 13.8. The van der Waals surface area contributed by atoms with Crippen molar-refractivity contribution in [1.29, 1.82) is 0 Å². The summed E-state index contributed by atoms with van der Waals surface area (Å²) in [5.41, 5.74) is 1.90. The predicted octanol–water partition coefficient (Wildman–Crippen LogP) is 3.96. The summed E-state index contributed by atoms with van der Waals surface area (Å²) >= 11 is 0. The minimum absolute atomic E-state index is 0.0920. The normalized spacial score (nSPS) is 10.8. The summed E-state index contributed by atoms with van der Waals surface area (Å²) in [6, 6.07) is 3.42. The second kappa shape index (κ2) is 5.98. The summed E-state index contributed by atoms with van der Waals surface area (Å²) in [5, 5.41) is 0. The number of carbonyl (C=O) groups is 1. The lowest BCUT2D eigenvalue weighted by molar-refractivity contribution is 0.101.